The van der Waals surface area contributed by atoms with Crippen molar-refractivity contribution in [2.45, 2.75) is 13.8 Å². The zero-order chi connectivity index (χ0) is 12.7. The summed E-state index contributed by atoms with van der Waals surface area (Å²) in [5.74, 6) is 0.595. The second-order valence-electron chi connectivity index (χ2n) is 3.71. The van der Waals surface area contributed by atoms with E-state index in [1.807, 2.05) is 19.9 Å². The van der Waals surface area contributed by atoms with Crippen LogP contribution in [-0.2, 0) is 9.47 Å². The van der Waals surface area contributed by atoms with Gasteiger partial charge in [0.05, 0.1) is 18.8 Å². The summed E-state index contributed by atoms with van der Waals surface area (Å²) in [5, 5.41) is 0. The second kappa shape index (κ2) is 7.04. The van der Waals surface area contributed by atoms with Gasteiger partial charge in [0.2, 0.25) is 0 Å². The van der Waals surface area contributed by atoms with E-state index >= 15 is 0 Å². The van der Waals surface area contributed by atoms with Crippen molar-refractivity contribution in [2.75, 3.05) is 27.1 Å². The summed E-state index contributed by atoms with van der Waals surface area (Å²) in [5.41, 5.74) is 2.59. The zero-order valence-corrected chi connectivity index (χ0v) is 10.5. The molecule has 94 valence electrons. The van der Waals surface area contributed by atoms with Gasteiger partial charge in [-0.1, -0.05) is 6.07 Å². The molecule has 0 saturated heterocycles. The second-order valence-corrected chi connectivity index (χ2v) is 3.71. The van der Waals surface area contributed by atoms with E-state index in [1.54, 1.807) is 13.2 Å². The van der Waals surface area contributed by atoms with Gasteiger partial charge in [-0.15, -0.1) is 0 Å². The molecule has 0 aliphatic heterocycles. The number of carbonyl (C=O) groups excluding carboxylic acids is 1. The fourth-order valence-corrected chi connectivity index (χ4v) is 1.40. The van der Waals surface area contributed by atoms with Crippen molar-refractivity contribution in [3.05, 3.63) is 28.8 Å². The Morgan fingerprint density at radius 3 is 2.65 bits per heavy atom. The minimum Gasteiger partial charge on any atom is -0.467 e. The highest BCUT2D eigenvalue weighted by Gasteiger charge is 2.08. The molecular formula is C13H18O4. The van der Waals surface area contributed by atoms with Crippen LogP contribution in [0.15, 0.2) is 12.1 Å². The van der Waals surface area contributed by atoms with Crippen LogP contribution in [0.25, 0.3) is 0 Å². The number of hydrogen-bond acceptors (Lipinski definition) is 4. The number of methoxy groups -OCH3 is 1. The summed E-state index contributed by atoms with van der Waals surface area (Å²) in [6, 6.07) is 3.65. The van der Waals surface area contributed by atoms with E-state index < -0.39 is 0 Å². The number of hydrogen-bond donors (Lipinski definition) is 0. The van der Waals surface area contributed by atoms with E-state index in [4.69, 9.17) is 14.2 Å². The maximum atomic E-state index is 10.9. The number of carbonyl (C=O) groups is 1. The van der Waals surface area contributed by atoms with Crippen LogP contribution in [0, 0.1) is 13.8 Å². The molecule has 0 bridgehead atoms. The first-order chi connectivity index (χ1) is 8.20. The summed E-state index contributed by atoms with van der Waals surface area (Å²) in [4.78, 5) is 10.9. The lowest BCUT2D eigenvalue weighted by Gasteiger charge is -2.13. The predicted molar refractivity (Wildman–Crippen MR) is 64.6 cm³/mol. The standard InChI is InChI=1S/C13H18O4/c1-10-4-5-12(8-14)13(11(10)2)17-9-16-7-6-15-3/h4-5,8H,6-7,9H2,1-3H3. The third-order valence-corrected chi connectivity index (χ3v) is 2.55. The van der Waals surface area contributed by atoms with Gasteiger partial charge in [0.25, 0.3) is 0 Å². The molecule has 0 N–H and O–H groups in total. The lowest BCUT2D eigenvalue weighted by molar-refractivity contribution is -0.00897. The van der Waals surface area contributed by atoms with Gasteiger partial charge < -0.3 is 14.2 Å². The van der Waals surface area contributed by atoms with Crippen LogP contribution in [0.5, 0.6) is 5.75 Å². The van der Waals surface area contributed by atoms with Crippen LogP contribution >= 0.6 is 0 Å². The Kier molecular flexibility index (Phi) is 5.66. The Bertz CT molecular complexity index is 374. The van der Waals surface area contributed by atoms with Crippen LogP contribution < -0.4 is 4.74 Å². The Balaban J connectivity index is 2.62. The molecular weight excluding hydrogens is 220 g/mol. The molecule has 0 fully saturated rings. The average Bonchev–Trinajstić information content (AvgIpc) is 2.34. The Hall–Kier alpha value is -1.39. The molecule has 0 aliphatic carbocycles. The van der Waals surface area contributed by atoms with Gasteiger partial charge >= 0.3 is 0 Å². The minimum absolute atomic E-state index is 0.120. The van der Waals surface area contributed by atoms with Crippen LogP contribution in [0.3, 0.4) is 0 Å². The maximum absolute atomic E-state index is 10.9. The summed E-state index contributed by atoms with van der Waals surface area (Å²) >= 11 is 0. The highest BCUT2D eigenvalue weighted by Crippen LogP contribution is 2.25. The Morgan fingerprint density at radius 2 is 2.00 bits per heavy atom. The van der Waals surface area contributed by atoms with Crippen LogP contribution in [-0.4, -0.2) is 33.4 Å². The molecule has 17 heavy (non-hydrogen) atoms. The quantitative estimate of drug-likeness (QED) is 0.414. The van der Waals surface area contributed by atoms with E-state index in [9.17, 15) is 4.79 Å². The average molecular weight is 238 g/mol. The summed E-state index contributed by atoms with van der Waals surface area (Å²) in [6.45, 7) is 5.01. The van der Waals surface area contributed by atoms with Gasteiger partial charge in [-0.05, 0) is 31.0 Å². The van der Waals surface area contributed by atoms with Gasteiger partial charge in [-0.2, -0.15) is 0 Å². The molecule has 0 aromatic heterocycles. The lowest BCUT2D eigenvalue weighted by Crippen LogP contribution is -2.09. The molecule has 0 saturated carbocycles. The number of benzene rings is 1. The van der Waals surface area contributed by atoms with Crippen LogP contribution in [0.2, 0.25) is 0 Å². The van der Waals surface area contributed by atoms with Gasteiger partial charge in [0.15, 0.2) is 13.1 Å². The van der Waals surface area contributed by atoms with Gasteiger partial charge in [-0.3, -0.25) is 4.79 Å². The third kappa shape index (κ3) is 3.84. The smallest absolute Gasteiger partial charge is 0.189 e. The third-order valence-electron chi connectivity index (χ3n) is 2.55. The SMILES string of the molecule is COCCOCOc1c(C=O)ccc(C)c1C. The van der Waals surface area contributed by atoms with E-state index in [-0.39, 0.29) is 6.79 Å². The monoisotopic (exact) mass is 238 g/mol. The first-order valence-corrected chi connectivity index (χ1v) is 5.45. The van der Waals surface area contributed by atoms with Crippen molar-refractivity contribution >= 4 is 6.29 Å². The normalized spacial score (nSPS) is 10.3. The fourth-order valence-electron chi connectivity index (χ4n) is 1.40. The van der Waals surface area contributed by atoms with Gasteiger partial charge in [0, 0.05) is 7.11 Å². The van der Waals surface area contributed by atoms with Gasteiger partial charge in [-0.25, -0.2) is 0 Å². The molecule has 0 heterocycles. The number of rotatable bonds is 7. The number of ether oxygens (including phenoxy) is 3. The van der Waals surface area contributed by atoms with Crippen LogP contribution in [0.4, 0.5) is 0 Å². The molecule has 0 unspecified atom stereocenters. The van der Waals surface area contributed by atoms with E-state index in [0.717, 1.165) is 17.4 Å². The van der Waals surface area contributed by atoms with Crippen molar-refractivity contribution in [2.24, 2.45) is 0 Å². The molecule has 0 atom stereocenters. The highest BCUT2D eigenvalue weighted by atomic mass is 16.7. The molecule has 4 heteroatoms. The Morgan fingerprint density at radius 1 is 1.24 bits per heavy atom. The predicted octanol–water partition coefficient (Wildman–Crippen LogP) is 2.12. The summed E-state index contributed by atoms with van der Waals surface area (Å²) < 4.78 is 15.5. The molecule has 1 aromatic carbocycles. The van der Waals surface area contributed by atoms with Crippen molar-refractivity contribution in [1.29, 1.82) is 0 Å². The zero-order valence-electron chi connectivity index (χ0n) is 10.5. The largest absolute Gasteiger partial charge is 0.467 e. The molecule has 4 nitrogen and oxygen atoms in total. The fraction of sp³-hybridized carbons (Fsp3) is 0.462. The van der Waals surface area contributed by atoms with Crippen molar-refractivity contribution in [1.82, 2.24) is 0 Å². The topological polar surface area (TPSA) is 44.8 Å². The number of aldehydes is 1. The first kappa shape index (κ1) is 13.7. The Labute approximate surface area is 101 Å². The molecule has 0 radical (unpaired) electrons. The van der Waals surface area contributed by atoms with Crippen LogP contribution in [0.1, 0.15) is 21.5 Å². The van der Waals surface area contributed by atoms with E-state index in [0.29, 0.717) is 24.5 Å². The molecule has 0 aliphatic rings. The van der Waals surface area contributed by atoms with Crippen molar-refractivity contribution in [3.8, 4) is 5.75 Å². The van der Waals surface area contributed by atoms with E-state index in [1.165, 1.54) is 0 Å². The molecule has 1 rings (SSSR count). The first-order valence-electron chi connectivity index (χ1n) is 5.45. The lowest BCUT2D eigenvalue weighted by atomic mass is 10.1. The molecule has 0 spiro atoms. The van der Waals surface area contributed by atoms with Crippen molar-refractivity contribution in [3.63, 3.8) is 0 Å². The number of aryl methyl sites for hydroxylation is 1. The molecule has 1 aromatic rings. The minimum atomic E-state index is 0.120. The maximum Gasteiger partial charge on any atom is 0.189 e. The van der Waals surface area contributed by atoms with Crippen molar-refractivity contribution < 1.29 is 19.0 Å². The van der Waals surface area contributed by atoms with E-state index in [2.05, 4.69) is 0 Å². The van der Waals surface area contributed by atoms with Gasteiger partial charge in [0.1, 0.15) is 5.75 Å². The molecule has 0 amide bonds. The highest BCUT2D eigenvalue weighted by molar-refractivity contribution is 5.80. The summed E-state index contributed by atoms with van der Waals surface area (Å²) in [7, 11) is 1.61. The summed E-state index contributed by atoms with van der Waals surface area (Å²) in [6.07, 6.45) is 0.789.